The highest BCUT2D eigenvalue weighted by atomic mass is 16.6. The van der Waals surface area contributed by atoms with Gasteiger partial charge in [-0.05, 0) is 39.8 Å². The summed E-state index contributed by atoms with van der Waals surface area (Å²) in [7, 11) is 0. The van der Waals surface area contributed by atoms with E-state index in [1.54, 1.807) is 20.8 Å². The van der Waals surface area contributed by atoms with E-state index in [1.807, 2.05) is 0 Å². The molecule has 6 heteroatoms. The molecule has 0 unspecified atom stereocenters. The maximum atomic E-state index is 11.9. The number of hydrogen-bond acceptors (Lipinski definition) is 5. The van der Waals surface area contributed by atoms with Gasteiger partial charge in [-0.2, -0.15) is 0 Å². The zero-order valence-corrected chi connectivity index (χ0v) is 11.9. The minimum absolute atomic E-state index is 0.0536. The van der Waals surface area contributed by atoms with Crippen LogP contribution in [-0.4, -0.2) is 33.7 Å². The number of phenolic OH excluding ortho intramolecular Hbond substituents is 2. The van der Waals surface area contributed by atoms with Crippen molar-refractivity contribution in [2.45, 2.75) is 39.3 Å². The van der Waals surface area contributed by atoms with Crippen LogP contribution in [-0.2, 0) is 9.53 Å². The number of ether oxygens (including phenoxy) is 1. The fourth-order valence-corrected chi connectivity index (χ4v) is 1.46. The van der Waals surface area contributed by atoms with Crippen LogP contribution in [0.2, 0.25) is 0 Å². The maximum Gasteiger partial charge on any atom is 0.328 e. The predicted molar refractivity (Wildman–Crippen MR) is 72.5 cm³/mol. The summed E-state index contributed by atoms with van der Waals surface area (Å²) in [5.74, 6) is -1.62. The summed E-state index contributed by atoms with van der Waals surface area (Å²) in [4.78, 5) is 23.6. The predicted octanol–water partition coefficient (Wildman–Crippen LogP) is 1.56. The first kappa shape index (κ1) is 15.8. The van der Waals surface area contributed by atoms with E-state index in [1.165, 1.54) is 19.1 Å². The number of amides is 1. The molecule has 20 heavy (non-hydrogen) atoms. The van der Waals surface area contributed by atoms with Gasteiger partial charge in [-0.25, -0.2) is 4.79 Å². The molecule has 0 saturated heterocycles. The van der Waals surface area contributed by atoms with Gasteiger partial charge in [-0.3, -0.25) is 4.79 Å². The Morgan fingerprint density at radius 3 is 2.10 bits per heavy atom. The van der Waals surface area contributed by atoms with E-state index < -0.39 is 23.5 Å². The summed E-state index contributed by atoms with van der Waals surface area (Å²) >= 11 is 0. The Morgan fingerprint density at radius 2 is 1.65 bits per heavy atom. The number of rotatable bonds is 3. The number of carbonyl (C=O) groups is 2. The molecule has 0 aromatic heterocycles. The van der Waals surface area contributed by atoms with Gasteiger partial charge in [0.2, 0.25) is 0 Å². The van der Waals surface area contributed by atoms with E-state index in [2.05, 4.69) is 5.32 Å². The first-order valence-corrected chi connectivity index (χ1v) is 6.15. The Kier molecular flexibility index (Phi) is 4.60. The van der Waals surface area contributed by atoms with E-state index in [0.717, 1.165) is 6.07 Å². The summed E-state index contributed by atoms with van der Waals surface area (Å²) < 4.78 is 5.13. The van der Waals surface area contributed by atoms with Crippen molar-refractivity contribution >= 4 is 11.9 Å². The van der Waals surface area contributed by atoms with Gasteiger partial charge in [0.1, 0.15) is 23.1 Å². The Balaban J connectivity index is 2.72. The minimum Gasteiger partial charge on any atom is -0.508 e. The Hall–Kier alpha value is -2.24. The van der Waals surface area contributed by atoms with Crippen LogP contribution in [0.1, 0.15) is 38.1 Å². The lowest BCUT2D eigenvalue weighted by Gasteiger charge is -2.22. The molecule has 0 spiro atoms. The molecule has 0 bridgehead atoms. The van der Waals surface area contributed by atoms with Crippen LogP contribution >= 0.6 is 0 Å². The van der Waals surface area contributed by atoms with E-state index in [0.29, 0.717) is 0 Å². The minimum atomic E-state index is -0.841. The van der Waals surface area contributed by atoms with Crippen LogP contribution in [0.4, 0.5) is 0 Å². The Bertz CT molecular complexity index is 499. The smallest absolute Gasteiger partial charge is 0.328 e. The number of aromatic hydroxyl groups is 2. The zero-order valence-electron chi connectivity index (χ0n) is 11.9. The number of hydrogen-bond donors (Lipinski definition) is 3. The van der Waals surface area contributed by atoms with Crippen LogP contribution in [0, 0.1) is 0 Å². The van der Waals surface area contributed by atoms with Crippen molar-refractivity contribution in [1.82, 2.24) is 5.32 Å². The molecular formula is C14H19NO5. The monoisotopic (exact) mass is 281 g/mol. The average molecular weight is 281 g/mol. The van der Waals surface area contributed by atoms with Crippen molar-refractivity contribution in [2.24, 2.45) is 0 Å². The van der Waals surface area contributed by atoms with Crippen molar-refractivity contribution in [1.29, 1.82) is 0 Å². The summed E-state index contributed by atoms with van der Waals surface area (Å²) in [6, 6.07) is 2.65. The van der Waals surface area contributed by atoms with Crippen LogP contribution in [0.3, 0.4) is 0 Å². The van der Waals surface area contributed by atoms with Crippen molar-refractivity contribution < 1.29 is 24.5 Å². The lowest BCUT2D eigenvalue weighted by atomic mass is 10.1. The molecule has 0 radical (unpaired) electrons. The molecule has 0 saturated carbocycles. The van der Waals surface area contributed by atoms with Crippen LogP contribution in [0.15, 0.2) is 18.2 Å². The third-order valence-electron chi connectivity index (χ3n) is 2.27. The second-order valence-corrected chi connectivity index (χ2v) is 5.47. The number of carbonyl (C=O) groups excluding carboxylic acids is 2. The largest absolute Gasteiger partial charge is 0.508 e. The maximum absolute atomic E-state index is 11.9. The summed E-state index contributed by atoms with van der Waals surface area (Å²) in [5.41, 5.74) is -0.586. The Morgan fingerprint density at radius 1 is 1.15 bits per heavy atom. The van der Waals surface area contributed by atoms with E-state index in [-0.39, 0.29) is 17.1 Å². The van der Waals surface area contributed by atoms with Crippen molar-refractivity contribution in [3.63, 3.8) is 0 Å². The normalized spacial score (nSPS) is 12.6. The van der Waals surface area contributed by atoms with E-state index in [4.69, 9.17) is 4.74 Å². The highest BCUT2D eigenvalue weighted by molar-refractivity contribution is 5.97. The van der Waals surface area contributed by atoms with E-state index >= 15 is 0 Å². The fraction of sp³-hybridized carbons (Fsp3) is 0.429. The first-order chi connectivity index (χ1) is 9.08. The van der Waals surface area contributed by atoms with Gasteiger partial charge in [0.25, 0.3) is 5.91 Å². The molecule has 0 aliphatic rings. The standard InChI is InChI=1S/C14H19NO5/c1-8(13(19)20-14(2,3)4)15-12(18)9-5-10(16)7-11(17)6-9/h5-8,16-17H,1-4H3,(H,15,18)/t8-/m1/s1. The molecule has 0 aliphatic heterocycles. The molecule has 1 aromatic rings. The molecular weight excluding hydrogens is 262 g/mol. The lowest BCUT2D eigenvalue weighted by Crippen LogP contribution is -2.42. The topological polar surface area (TPSA) is 95.9 Å². The molecule has 0 aliphatic carbocycles. The summed E-state index contributed by atoms with van der Waals surface area (Å²) in [5, 5.41) is 21.1. The number of phenols is 2. The summed E-state index contributed by atoms with van der Waals surface area (Å²) in [6.07, 6.45) is 0. The van der Waals surface area contributed by atoms with Gasteiger partial charge in [-0.1, -0.05) is 0 Å². The van der Waals surface area contributed by atoms with Crippen molar-refractivity contribution in [3.05, 3.63) is 23.8 Å². The van der Waals surface area contributed by atoms with Gasteiger partial charge in [0.15, 0.2) is 0 Å². The lowest BCUT2D eigenvalue weighted by molar-refractivity contribution is -0.156. The van der Waals surface area contributed by atoms with Gasteiger partial charge >= 0.3 is 5.97 Å². The molecule has 1 atom stereocenters. The van der Waals surface area contributed by atoms with Gasteiger partial charge in [0.05, 0.1) is 0 Å². The van der Waals surface area contributed by atoms with Crippen LogP contribution < -0.4 is 5.32 Å². The number of benzene rings is 1. The van der Waals surface area contributed by atoms with E-state index in [9.17, 15) is 19.8 Å². The molecule has 1 aromatic carbocycles. The number of nitrogens with one attached hydrogen (secondary N) is 1. The van der Waals surface area contributed by atoms with Gasteiger partial charge in [0, 0.05) is 11.6 Å². The second-order valence-electron chi connectivity index (χ2n) is 5.47. The third kappa shape index (κ3) is 4.79. The highest BCUT2D eigenvalue weighted by Crippen LogP contribution is 2.20. The van der Waals surface area contributed by atoms with Gasteiger partial charge < -0.3 is 20.3 Å². The molecule has 0 heterocycles. The molecule has 6 nitrogen and oxygen atoms in total. The second kappa shape index (κ2) is 5.81. The quantitative estimate of drug-likeness (QED) is 0.731. The molecule has 110 valence electrons. The van der Waals surface area contributed by atoms with Crippen molar-refractivity contribution in [2.75, 3.05) is 0 Å². The zero-order chi connectivity index (χ0) is 15.5. The molecule has 1 rings (SSSR count). The Labute approximate surface area is 117 Å². The molecule has 1 amide bonds. The van der Waals surface area contributed by atoms with Crippen LogP contribution in [0.25, 0.3) is 0 Å². The summed E-state index contributed by atoms with van der Waals surface area (Å²) in [6.45, 7) is 6.68. The first-order valence-electron chi connectivity index (χ1n) is 6.15. The average Bonchev–Trinajstić information content (AvgIpc) is 2.25. The van der Waals surface area contributed by atoms with Gasteiger partial charge in [-0.15, -0.1) is 0 Å². The SMILES string of the molecule is C[C@@H](NC(=O)c1cc(O)cc(O)c1)C(=O)OC(C)(C)C. The van der Waals surface area contributed by atoms with Crippen molar-refractivity contribution in [3.8, 4) is 11.5 Å². The fourth-order valence-electron chi connectivity index (χ4n) is 1.46. The molecule has 0 fully saturated rings. The molecule has 3 N–H and O–H groups in total. The van der Waals surface area contributed by atoms with Crippen LogP contribution in [0.5, 0.6) is 11.5 Å². The highest BCUT2D eigenvalue weighted by Gasteiger charge is 2.23. The number of esters is 1. The third-order valence-corrected chi connectivity index (χ3v) is 2.27.